The molecule has 1 aromatic carbocycles. The zero-order valence-corrected chi connectivity index (χ0v) is 11.2. The molecule has 0 atom stereocenters. The third-order valence-electron chi connectivity index (χ3n) is 3.01. The van der Waals surface area contributed by atoms with Crippen molar-refractivity contribution in [3.63, 3.8) is 0 Å². The molecule has 0 aliphatic carbocycles. The van der Waals surface area contributed by atoms with E-state index in [1.54, 1.807) is 14.2 Å². The van der Waals surface area contributed by atoms with Crippen LogP contribution in [0.4, 0.5) is 5.82 Å². The summed E-state index contributed by atoms with van der Waals surface area (Å²) < 4.78 is 10.6. The van der Waals surface area contributed by atoms with Crippen molar-refractivity contribution in [1.29, 1.82) is 0 Å². The molecule has 0 aliphatic rings. The summed E-state index contributed by atoms with van der Waals surface area (Å²) in [7, 11) is 5.17. The van der Waals surface area contributed by atoms with Crippen molar-refractivity contribution in [3.8, 4) is 11.5 Å². The molecule has 0 saturated carbocycles. The lowest BCUT2D eigenvalue weighted by molar-refractivity contribution is 0.397. The van der Waals surface area contributed by atoms with Crippen molar-refractivity contribution in [2.75, 3.05) is 26.6 Å². The van der Waals surface area contributed by atoms with Gasteiger partial charge in [-0.05, 0) is 24.1 Å². The van der Waals surface area contributed by atoms with Gasteiger partial charge in [0.15, 0.2) is 0 Å². The van der Waals surface area contributed by atoms with Gasteiger partial charge in [0.05, 0.1) is 14.2 Å². The minimum absolute atomic E-state index is 0.725. The lowest BCUT2D eigenvalue weighted by Crippen LogP contribution is -2.00. The standard InChI is InChI=1S/C14H18N2O2/c1-5-9-6-10-7-11(17-3)8-12(18-4)13(10)16-14(9)15-2/h6-8H,5H2,1-4H3,(H,15,16). The van der Waals surface area contributed by atoms with Crippen LogP contribution in [0, 0.1) is 0 Å². The van der Waals surface area contributed by atoms with Gasteiger partial charge in [0.1, 0.15) is 22.8 Å². The number of pyridine rings is 1. The van der Waals surface area contributed by atoms with Gasteiger partial charge in [-0.1, -0.05) is 6.92 Å². The van der Waals surface area contributed by atoms with Crippen LogP contribution in [0.3, 0.4) is 0 Å². The molecular weight excluding hydrogens is 228 g/mol. The Balaban J connectivity index is 2.74. The summed E-state index contributed by atoms with van der Waals surface area (Å²) in [5.74, 6) is 2.40. The summed E-state index contributed by atoms with van der Waals surface area (Å²) in [5.41, 5.74) is 2.03. The van der Waals surface area contributed by atoms with Gasteiger partial charge < -0.3 is 14.8 Å². The lowest BCUT2D eigenvalue weighted by atomic mass is 10.1. The van der Waals surface area contributed by atoms with Gasteiger partial charge in [0.25, 0.3) is 0 Å². The quantitative estimate of drug-likeness (QED) is 0.900. The van der Waals surface area contributed by atoms with Gasteiger partial charge in [-0.3, -0.25) is 0 Å². The first kappa shape index (κ1) is 12.5. The molecule has 0 unspecified atom stereocenters. The SMILES string of the molecule is CCc1cc2cc(OC)cc(OC)c2nc1NC. The zero-order valence-electron chi connectivity index (χ0n) is 11.2. The second-order valence-corrected chi connectivity index (χ2v) is 4.00. The maximum atomic E-state index is 5.37. The first-order chi connectivity index (χ1) is 8.73. The molecule has 96 valence electrons. The molecule has 4 heteroatoms. The van der Waals surface area contributed by atoms with Crippen LogP contribution < -0.4 is 14.8 Å². The van der Waals surface area contributed by atoms with E-state index in [4.69, 9.17) is 9.47 Å². The van der Waals surface area contributed by atoms with Crippen molar-refractivity contribution >= 4 is 16.7 Å². The number of aryl methyl sites for hydroxylation is 1. The number of hydrogen-bond donors (Lipinski definition) is 1. The molecule has 0 bridgehead atoms. The summed E-state index contributed by atoms with van der Waals surface area (Å²) >= 11 is 0. The number of rotatable bonds is 4. The summed E-state index contributed by atoms with van der Waals surface area (Å²) in [6.45, 7) is 2.11. The average molecular weight is 246 g/mol. The minimum atomic E-state index is 0.725. The third-order valence-corrected chi connectivity index (χ3v) is 3.01. The van der Waals surface area contributed by atoms with E-state index in [0.29, 0.717) is 0 Å². The monoisotopic (exact) mass is 246 g/mol. The van der Waals surface area contributed by atoms with Crippen LogP contribution in [-0.2, 0) is 6.42 Å². The number of benzene rings is 1. The Bertz CT molecular complexity index is 567. The fraction of sp³-hybridized carbons (Fsp3) is 0.357. The summed E-state index contributed by atoms with van der Waals surface area (Å²) in [6, 6.07) is 5.95. The molecule has 1 heterocycles. The Morgan fingerprint density at radius 2 is 1.94 bits per heavy atom. The molecule has 0 saturated heterocycles. The van der Waals surface area contributed by atoms with E-state index in [9.17, 15) is 0 Å². The van der Waals surface area contributed by atoms with E-state index < -0.39 is 0 Å². The third kappa shape index (κ3) is 2.06. The first-order valence-corrected chi connectivity index (χ1v) is 5.96. The second kappa shape index (κ2) is 5.12. The molecule has 2 aromatic rings. The average Bonchev–Trinajstić information content (AvgIpc) is 2.44. The van der Waals surface area contributed by atoms with E-state index in [-0.39, 0.29) is 0 Å². The fourth-order valence-electron chi connectivity index (χ4n) is 2.03. The van der Waals surface area contributed by atoms with E-state index in [0.717, 1.165) is 34.6 Å². The summed E-state index contributed by atoms with van der Waals surface area (Å²) in [5, 5.41) is 4.15. The predicted molar refractivity (Wildman–Crippen MR) is 73.8 cm³/mol. The van der Waals surface area contributed by atoms with E-state index in [1.807, 2.05) is 19.2 Å². The van der Waals surface area contributed by atoms with Crippen LogP contribution in [0.5, 0.6) is 11.5 Å². The Labute approximate surface area is 107 Å². The number of hydrogen-bond acceptors (Lipinski definition) is 4. The molecule has 4 nitrogen and oxygen atoms in total. The molecule has 2 rings (SSSR count). The van der Waals surface area contributed by atoms with Crippen LogP contribution in [-0.4, -0.2) is 26.3 Å². The number of ether oxygens (including phenoxy) is 2. The predicted octanol–water partition coefficient (Wildman–Crippen LogP) is 2.86. The summed E-state index contributed by atoms with van der Waals surface area (Å²) in [4.78, 5) is 4.62. The largest absolute Gasteiger partial charge is 0.497 e. The number of nitrogens with one attached hydrogen (secondary N) is 1. The van der Waals surface area contributed by atoms with Crippen molar-refractivity contribution in [1.82, 2.24) is 4.98 Å². The summed E-state index contributed by atoms with van der Waals surface area (Å²) in [6.07, 6.45) is 0.929. The maximum Gasteiger partial charge on any atom is 0.148 e. The molecule has 0 aliphatic heterocycles. The van der Waals surface area contributed by atoms with E-state index >= 15 is 0 Å². The van der Waals surface area contributed by atoms with Gasteiger partial charge in [-0.25, -0.2) is 4.98 Å². The Kier molecular flexibility index (Phi) is 3.55. The number of anilines is 1. The number of nitrogens with zero attached hydrogens (tertiary/aromatic N) is 1. The normalized spacial score (nSPS) is 10.4. The van der Waals surface area contributed by atoms with Crippen molar-refractivity contribution in [2.24, 2.45) is 0 Å². The van der Waals surface area contributed by atoms with E-state index in [1.165, 1.54) is 5.56 Å². The Morgan fingerprint density at radius 1 is 1.17 bits per heavy atom. The molecule has 0 spiro atoms. The van der Waals surface area contributed by atoms with Crippen LogP contribution in [0.2, 0.25) is 0 Å². The number of fused-ring (bicyclic) bond motifs is 1. The van der Waals surface area contributed by atoms with Crippen molar-refractivity contribution < 1.29 is 9.47 Å². The van der Waals surface area contributed by atoms with Gasteiger partial charge in [-0.15, -0.1) is 0 Å². The maximum absolute atomic E-state index is 5.37. The molecule has 1 N–H and O–H groups in total. The van der Waals surface area contributed by atoms with Gasteiger partial charge >= 0.3 is 0 Å². The van der Waals surface area contributed by atoms with Crippen LogP contribution in [0.25, 0.3) is 10.9 Å². The van der Waals surface area contributed by atoms with Gasteiger partial charge in [0, 0.05) is 18.5 Å². The highest BCUT2D eigenvalue weighted by Crippen LogP contribution is 2.32. The Morgan fingerprint density at radius 3 is 2.50 bits per heavy atom. The second-order valence-electron chi connectivity index (χ2n) is 4.00. The van der Waals surface area contributed by atoms with E-state index in [2.05, 4.69) is 23.3 Å². The number of methoxy groups -OCH3 is 2. The highest BCUT2D eigenvalue weighted by Gasteiger charge is 2.10. The Hall–Kier alpha value is -1.97. The highest BCUT2D eigenvalue weighted by atomic mass is 16.5. The first-order valence-electron chi connectivity index (χ1n) is 5.96. The van der Waals surface area contributed by atoms with Crippen molar-refractivity contribution in [2.45, 2.75) is 13.3 Å². The molecule has 0 fully saturated rings. The number of aromatic nitrogens is 1. The van der Waals surface area contributed by atoms with Crippen LogP contribution >= 0.6 is 0 Å². The molecule has 0 radical (unpaired) electrons. The van der Waals surface area contributed by atoms with Gasteiger partial charge in [0.2, 0.25) is 0 Å². The minimum Gasteiger partial charge on any atom is -0.497 e. The van der Waals surface area contributed by atoms with Crippen LogP contribution in [0.1, 0.15) is 12.5 Å². The molecular formula is C14H18N2O2. The highest BCUT2D eigenvalue weighted by molar-refractivity contribution is 5.88. The molecule has 18 heavy (non-hydrogen) atoms. The van der Waals surface area contributed by atoms with Gasteiger partial charge in [-0.2, -0.15) is 0 Å². The topological polar surface area (TPSA) is 43.4 Å². The zero-order chi connectivity index (χ0) is 13.1. The smallest absolute Gasteiger partial charge is 0.148 e. The lowest BCUT2D eigenvalue weighted by Gasteiger charge is -2.12. The fourth-order valence-corrected chi connectivity index (χ4v) is 2.03. The molecule has 1 aromatic heterocycles. The van der Waals surface area contributed by atoms with Crippen LogP contribution in [0.15, 0.2) is 18.2 Å². The molecule has 0 amide bonds. The van der Waals surface area contributed by atoms with Crippen molar-refractivity contribution in [3.05, 3.63) is 23.8 Å².